The first-order chi connectivity index (χ1) is 6.98. The summed E-state index contributed by atoms with van der Waals surface area (Å²) in [5.74, 6) is 0. The van der Waals surface area contributed by atoms with Crippen LogP contribution in [-0.2, 0) is 9.47 Å². The number of carbonyl (C=O) groups is 1. The van der Waals surface area contributed by atoms with Gasteiger partial charge in [-0.3, -0.25) is 0 Å². The average Bonchev–Trinajstić information content (AvgIpc) is 2.08. The molecule has 0 aromatic heterocycles. The lowest BCUT2D eigenvalue weighted by Gasteiger charge is -2.23. The number of carbonyl (C=O) groups excluding carboxylic acids is 1. The SMILES string of the molecule is COCCNCCCC(C)(C)OC(N)=O. The van der Waals surface area contributed by atoms with Crippen LogP contribution in [0.3, 0.4) is 0 Å². The van der Waals surface area contributed by atoms with E-state index in [9.17, 15) is 4.79 Å². The molecule has 1 amide bonds. The van der Waals surface area contributed by atoms with Gasteiger partial charge in [0, 0.05) is 13.7 Å². The summed E-state index contributed by atoms with van der Waals surface area (Å²) in [6.45, 7) is 6.14. The lowest BCUT2D eigenvalue weighted by atomic mass is 10.0. The molecule has 0 aromatic carbocycles. The predicted molar refractivity (Wildman–Crippen MR) is 58.7 cm³/mol. The van der Waals surface area contributed by atoms with Crippen molar-refractivity contribution >= 4 is 6.09 Å². The Morgan fingerprint density at radius 1 is 1.40 bits per heavy atom. The molecule has 0 atom stereocenters. The molecular weight excluding hydrogens is 196 g/mol. The first-order valence-electron chi connectivity index (χ1n) is 5.16. The number of rotatable bonds is 8. The highest BCUT2D eigenvalue weighted by Gasteiger charge is 2.20. The maximum atomic E-state index is 10.6. The quantitative estimate of drug-likeness (QED) is 0.593. The molecule has 0 unspecified atom stereocenters. The molecule has 3 N–H and O–H groups in total. The minimum Gasteiger partial charge on any atom is -0.444 e. The van der Waals surface area contributed by atoms with Crippen molar-refractivity contribution in [2.24, 2.45) is 5.73 Å². The third kappa shape index (κ3) is 9.49. The van der Waals surface area contributed by atoms with Crippen LogP contribution in [0.1, 0.15) is 26.7 Å². The molecule has 0 aliphatic heterocycles. The summed E-state index contributed by atoms with van der Waals surface area (Å²) < 4.78 is 9.85. The van der Waals surface area contributed by atoms with Gasteiger partial charge in [-0.05, 0) is 33.2 Å². The fourth-order valence-corrected chi connectivity index (χ4v) is 1.26. The van der Waals surface area contributed by atoms with E-state index >= 15 is 0 Å². The summed E-state index contributed by atoms with van der Waals surface area (Å²) in [4.78, 5) is 10.6. The third-order valence-corrected chi connectivity index (χ3v) is 1.99. The van der Waals surface area contributed by atoms with Crippen molar-refractivity contribution in [3.8, 4) is 0 Å². The Balaban J connectivity index is 3.44. The second kappa shape index (κ2) is 7.48. The number of ether oxygens (including phenoxy) is 2. The highest BCUT2D eigenvalue weighted by Crippen LogP contribution is 2.15. The van der Waals surface area contributed by atoms with Crippen molar-refractivity contribution in [3.63, 3.8) is 0 Å². The zero-order valence-corrected chi connectivity index (χ0v) is 9.84. The van der Waals surface area contributed by atoms with Crippen molar-refractivity contribution in [1.82, 2.24) is 5.32 Å². The van der Waals surface area contributed by atoms with E-state index in [1.165, 1.54) is 0 Å². The Morgan fingerprint density at radius 2 is 2.07 bits per heavy atom. The molecule has 5 heteroatoms. The van der Waals surface area contributed by atoms with Crippen molar-refractivity contribution in [1.29, 1.82) is 0 Å². The van der Waals surface area contributed by atoms with E-state index in [0.717, 1.165) is 25.9 Å². The smallest absolute Gasteiger partial charge is 0.405 e. The van der Waals surface area contributed by atoms with Crippen LogP contribution < -0.4 is 11.1 Å². The first-order valence-corrected chi connectivity index (χ1v) is 5.16. The number of nitrogens with two attached hydrogens (primary N) is 1. The lowest BCUT2D eigenvalue weighted by Crippen LogP contribution is -2.32. The van der Waals surface area contributed by atoms with Gasteiger partial charge in [-0.25, -0.2) is 4.79 Å². The molecular formula is C10H22N2O3. The molecule has 0 aliphatic carbocycles. The van der Waals surface area contributed by atoms with Crippen LogP contribution in [0.2, 0.25) is 0 Å². The number of amides is 1. The van der Waals surface area contributed by atoms with E-state index < -0.39 is 11.7 Å². The van der Waals surface area contributed by atoms with Crippen LogP contribution in [-0.4, -0.2) is 38.5 Å². The van der Waals surface area contributed by atoms with Gasteiger partial charge in [0.05, 0.1) is 6.61 Å². The Labute approximate surface area is 91.3 Å². The number of methoxy groups -OCH3 is 1. The van der Waals surface area contributed by atoms with Crippen molar-refractivity contribution in [2.75, 3.05) is 26.8 Å². The normalized spacial score (nSPS) is 11.4. The summed E-state index contributed by atoms with van der Waals surface area (Å²) in [5.41, 5.74) is 4.48. The lowest BCUT2D eigenvalue weighted by molar-refractivity contribution is 0.0377. The van der Waals surface area contributed by atoms with E-state index in [1.54, 1.807) is 7.11 Å². The highest BCUT2D eigenvalue weighted by molar-refractivity contribution is 5.65. The number of primary amides is 1. The van der Waals surface area contributed by atoms with Crippen molar-refractivity contribution < 1.29 is 14.3 Å². The zero-order valence-electron chi connectivity index (χ0n) is 9.84. The molecule has 0 spiro atoms. The standard InChI is InChI=1S/C10H22N2O3/c1-10(2,15-9(11)13)5-4-6-12-7-8-14-3/h12H,4-8H2,1-3H3,(H2,11,13). The number of hydrogen-bond donors (Lipinski definition) is 2. The molecule has 0 bridgehead atoms. The minimum atomic E-state index is -0.715. The van der Waals surface area contributed by atoms with Crippen LogP contribution in [0.15, 0.2) is 0 Å². The summed E-state index contributed by atoms with van der Waals surface area (Å²) in [6, 6.07) is 0. The average molecular weight is 218 g/mol. The summed E-state index contributed by atoms with van der Waals surface area (Å²) in [7, 11) is 1.67. The minimum absolute atomic E-state index is 0.477. The van der Waals surface area contributed by atoms with Crippen LogP contribution >= 0.6 is 0 Å². The van der Waals surface area contributed by atoms with Gasteiger partial charge in [0.2, 0.25) is 0 Å². The van der Waals surface area contributed by atoms with Gasteiger partial charge < -0.3 is 20.5 Å². The van der Waals surface area contributed by atoms with Gasteiger partial charge in [-0.1, -0.05) is 0 Å². The van der Waals surface area contributed by atoms with Gasteiger partial charge in [-0.15, -0.1) is 0 Å². The molecule has 0 rings (SSSR count). The molecule has 15 heavy (non-hydrogen) atoms. The Hall–Kier alpha value is -0.810. The van der Waals surface area contributed by atoms with E-state index in [0.29, 0.717) is 6.61 Å². The van der Waals surface area contributed by atoms with E-state index in [4.69, 9.17) is 15.2 Å². The van der Waals surface area contributed by atoms with E-state index in [1.807, 2.05) is 13.8 Å². The van der Waals surface area contributed by atoms with Crippen molar-refractivity contribution in [2.45, 2.75) is 32.3 Å². The predicted octanol–water partition coefficient (Wildman–Crippen LogP) is 0.876. The van der Waals surface area contributed by atoms with Crippen LogP contribution in [0.5, 0.6) is 0 Å². The zero-order chi connectivity index (χ0) is 11.7. The molecule has 0 fully saturated rings. The van der Waals surface area contributed by atoms with E-state index in [-0.39, 0.29) is 0 Å². The van der Waals surface area contributed by atoms with Gasteiger partial charge in [0.1, 0.15) is 5.60 Å². The molecule has 5 nitrogen and oxygen atoms in total. The molecule has 90 valence electrons. The molecule has 0 heterocycles. The van der Waals surface area contributed by atoms with Crippen molar-refractivity contribution in [3.05, 3.63) is 0 Å². The van der Waals surface area contributed by atoms with Gasteiger partial charge in [0.25, 0.3) is 0 Å². The molecule has 0 saturated heterocycles. The molecule has 0 saturated carbocycles. The number of nitrogens with one attached hydrogen (secondary N) is 1. The van der Waals surface area contributed by atoms with Crippen LogP contribution in [0.25, 0.3) is 0 Å². The largest absolute Gasteiger partial charge is 0.444 e. The Morgan fingerprint density at radius 3 is 2.60 bits per heavy atom. The van der Waals surface area contributed by atoms with Gasteiger partial charge >= 0.3 is 6.09 Å². The second-order valence-corrected chi connectivity index (χ2v) is 4.03. The van der Waals surface area contributed by atoms with Crippen LogP contribution in [0.4, 0.5) is 4.79 Å². The molecule has 0 aromatic rings. The number of hydrogen-bond acceptors (Lipinski definition) is 4. The summed E-state index contributed by atoms with van der Waals surface area (Å²) >= 11 is 0. The first kappa shape index (κ1) is 14.2. The summed E-state index contributed by atoms with van der Waals surface area (Å²) in [5, 5.41) is 3.22. The van der Waals surface area contributed by atoms with Gasteiger partial charge in [-0.2, -0.15) is 0 Å². The third-order valence-electron chi connectivity index (χ3n) is 1.99. The topological polar surface area (TPSA) is 73.6 Å². The fourth-order valence-electron chi connectivity index (χ4n) is 1.26. The molecule has 0 radical (unpaired) electrons. The Bertz CT molecular complexity index is 184. The molecule has 0 aliphatic rings. The van der Waals surface area contributed by atoms with Crippen LogP contribution in [0, 0.1) is 0 Å². The van der Waals surface area contributed by atoms with Gasteiger partial charge in [0.15, 0.2) is 0 Å². The van der Waals surface area contributed by atoms with E-state index in [2.05, 4.69) is 5.32 Å². The second-order valence-electron chi connectivity index (χ2n) is 4.03. The maximum Gasteiger partial charge on any atom is 0.405 e. The maximum absolute atomic E-state index is 10.6. The fraction of sp³-hybridized carbons (Fsp3) is 0.900. The monoisotopic (exact) mass is 218 g/mol. The summed E-state index contributed by atoms with van der Waals surface area (Å²) in [6.07, 6.45) is 1.01. The Kier molecular flexibility index (Phi) is 7.07. The highest BCUT2D eigenvalue weighted by atomic mass is 16.6.